The van der Waals surface area contributed by atoms with Crippen LogP contribution >= 0.6 is 0 Å². The molecule has 0 radical (unpaired) electrons. The molecule has 2 saturated heterocycles. The van der Waals surface area contributed by atoms with E-state index in [0.717, 1.165) is 45.4 Å². The first-order chi connectivity index (χ1) is 7.77. The normalized spacial score (nSPS) is 35.7. The zero-order valence-corrected chi connectivity index (χ0v) is 10.00. The highest BCUT2D eigenvalue weighted by atomic mass is 16.5. The standard InChI is InChI=1S/C12H22N2O2/c1-9-5-8-16-11(9)12(15)14-10-3-2-6-13-7-4-10/h9-11,13H,2-8H2,1H3,(H,14,15). The average molecular weight is 226 g/mol. The maximum atomic E-state index is 12.0. The van der Waals surface area contributed by atoms with E-state index in [1.54, 1.807) is 0 Å². The van der Waals surface area contributed by atoms with Crippen molar-refractivity contribution in [2.24, 2.45) is 5.92 Å². The van der Waals surface area contributed by atoms with Crippen molar-refractivity contribution in [1.82, 2.24) is 10.6 Å². The summed E-state index contributed by atoms with van der Waals surface area (Å²) in [5.41, 5.74) is 0. The highest BCUT2D eigenvalue weighted by Crippen LogP contribution is 2.20. The number of ether oxygens (including phenoxy) is 1. The fourth-order valence-corrected chi connectivity index (χ4v) is 2.48. The Morgan fingerprint density at radius 1 is 1.31 bits per heavy atom. The molecule has 0 aliphatic carbocycles. The fourth-order valence-electron chi connectivity index (χ4n) is 2.48. The molecule has 92 valence electrons. The van der Waals surface area contributed by atoms with Gasteiger partial charge in [0.15, 0.2) is 0 Å². The molecule has 2 rings (SSSR count). The molecule has 2 aliphatic rings. The molecule has 2 fully saturated rings. The molecular weight excluding hydrogens is 204 g/mol. The molecule has 16 heavy (non-hydrogen) atoms. The van der Waals surface area contributed by atoms with E-state index in [1.807, 2.05) is 0 Å². The third-order valence-corrected chi connectivity index (χ3v) is 3.57. The predicted molar refractivity (Wildman–Crippen MR) is 62.2 cm³/mol. The van der Waals surface area contributed by atoms with E-state index < -0.39 is 0 Å². The summed E-state index contributed by atoms with van der Waals surface area (Å²) < 4.78 is 5.47. The molecule has 3 unspecified atom stereocenters. The molecular formula is C12H22N2O2. The highest BCUT2D eigenvalue weighted by Gasteiger charge is 2.31. The van der Waals surface area contributed by atoms with Crippen LogP contribution < -0.4 is 10.6 Å². The molecule has 0 aromatic heterocycles. The van der Waals surface area contributed by atoms with E-state index in [2.05, 4.69) is 17.6 Å². The number of nitrogens with one attached hydrogen (secondary N) is 2. The molecule has 0 bridgehead atoms. The van der Waals surface area contributed by atoms with E-state index in [9.17, 15) is 4.79 Å². The Kier molecular flexibility index (Phi) is 4.18. The quantitative estimate of drug-likeness (QED) is 0.727. The predicted octanol–water partition coefficient (Wildman–Crippen LogP) is 0.670. The molecule has 1 amide bonds. The Labute approximate surface area is 97.1 Å². The van der Waals surface area contributed by atoms with Crippen LogP contribution in [0.1, 0.15) is 32.6 Å². The van der Waals surface area contributed by atoms with Crippen molar-refractivity contribution in [3.63, 3.8) is 0 Å². The Hall–Kier alpha value is -0.610. The van der Waals surface area contributed by atoms with E-state index in [1.165, 1.54) is 0 Å². The van der Waals surface area contributed by atoms with Crippen LogP contribution in [0.2, 0.25) is 0 Å². The molecule has 3 atom stereocenters. The molecule has 2 aliphatic heterocycles. The minimum Gasteiger partial charge on any atom is -0.368 e. The molecule has 2 heterocycles. The molecule has 0 saturated carbocycles. The second kappa shape index (κ2) is 5.64. The van der Waals surface area contributed by atoms with Crippen LogP contribution in [-0.4, -0.2) is 37.7 Å². The Morgan fingerprint density at radius 2 is 2.19 bits per heavy atom. The second-order valence-electron chi connectivity index (χ2n) is 4.94. The molecule has 0 aromatic carbocycles. The van der Waals surface area contributed by atoms with Gasteiger partial charge in [-0.05, 0) is 44.7 Å². The summed E-state index contributed by atoms with van der Waals surface area (Å²) in [6.45, 7) is 4.89. The summed E-state index contributed by atoms with van der Waals surface area (Å²) in [6.07, 6.45) is 4.06. The summed E-state index contributed by atoms with van der Waals surface area (Å²) in [7, 11) is 0. The number of amides is 1. The first-order valence-electron chi connectivity index (χ1n) is 6.40. The summed E-state index contributed by atoms with van der Waals surface area (Å²) >= 11 is 0. The van der Waals surface area contributed by atoms with Gasteiger partial charge in [-0.3, -0.25) is 4.79 Å². The third kappa shape index (κ3) is 2.95. The van der Waals surface area contributed by atoms with Crippen molar-refractivity contribution in [3.05, 3.63) is 0 Å². The SMILES string of the molecule is CC1CCOC1C(=O)NC1CCCNCC1. The number of rotatable bonds is 2. The van der Waals surface area contributed by atoms with E-state index >= 15 is 0 Å². The minimum absolute atomic E-state index is 0.0944. The van der Waals surface area contributed by atoms with Crippen LogP contribution in [0.15, 0.2) is 0 Å². The van der Waals surface area contributed by atoms with Crippen molar-refractivity contribution in [2.75, 3.05) is 19.7 Å². The molecule has 2 N–H and O–H groups in total. The molecule has 4 nitrogen and oxygen atoms in total. The smallest absolute Gasteiger partial charge is 0.249 e. The number of hydrogen-bond donors (Lipinski definition) is 2. The lowest BCUT2D eigenvalue weighted by Crippen LogP contribution is -2.43. The maximum Gasteiger partial charge on any atom is 0.249 e. The van der Waals surface area contributed by atoms with Gasteiger partial charge >= 0.3 is 0 Å². The average Bonchev–Trinajstić information content (AvgIpc) is 2.53. The van der Waals surface area contributed by atoms with Crippen LogP contribution in [0.3, 0.4) is 0 Å². The first kappa shape index (κ1) is 11.9. The molecule has 0 spiro atoms. The topological polar surface area (TPSA) is 50.4 Å². The fraction of sp³-hybridized carbons (Fsp3) is 0.917. The van der Waals surface area contributed by atoms with Gasteiger partial charge in [-0.15, -0.1) is 0 Å². The van der Waals surface area contributed by atoms with Crippen LogP contribution in [0.5, 0.6) is 0 Å². The lowest BCUT2D eigenvalue weighted by atomic mass is 10.0. The van der Waals surface area contributed by atoms with E-state index in [0.29, 0.717) is 12.0 Å². The van der Waals surface area contributed by atoms with Gasteiger partial charge in [0.1, 0.15) is 6.10 Å². The lowest BCUT2D eigenvalue weighted by molar-refractivity contribution is -0.132. The van der Waals surface area contributed by atoms with Gasteiger partial charge in [0.2, 0.25) is 5.91 Å². The molecule has 4 heteroatoms. The molecule has 0 aromatic rings. The Balaban J connectivity index is 1.81. The van der Waals surface area contributed by atoms with Gasteiger partial charge < -0.3 is 15.4 Å². The zero-order valence-electron chi connectivity index (χ0n) is 10.00. The van der Waals surface area contributed by atoms with Gasteiger partial charge in [0.05, 0.1) is 0 Å². The summed E-state index contributed by atoms with van der Waals surface area (Å²) in [5.74, 6) is 0.459. The maximum absolute atomic E-state index is 12.0. The van der Waals surface area contributed by atoms with Crippen LogP contribution in [0.4, 0.5) is 0 Å². The summed E-state index contributed by atoms with van der Waals surface area (Å²) in [6, 6.07) is 0.332. The zero-order chi connectivity index (χ0) is 11.4. The van der Waals surface area contributed by atoms with Gasteiger partial charge in [0, 0.05) is 12.6 Å². The Bertz CT molecular complexity index is 237. The van der Waals surface area contributed by atoms with Gasteiger partial charge in [-0.2, -0.15) is 0 Å². The number of carbonyl (C=O) groups excluding carboxylic acids is 1. The summed E-state index contributed by atoms with van der Waals surface area (Å²) in [4.78, 5) is 12.0. The number of carbonyl (C=O) groups is 1. The first-order valence-corrected chi connectivity index (χ1v) is 6.40. The van der Waals surface area contributed by atoms with Gasteiger partial charge in [-0.1, -0.05) is 6.92 Å². The summed E-state index contributed by atoms with van der Waals surface area (Å²) in [5, 5.41) is 6.47. The van der Waals surface area contributed by atoms with Crippen molar-refractivity contribution in [1.29, 1.82) is 0 Å². The monoisotopic (exact) mass is 226 g/mol. The third-order valence-electron chi connectivity index (χ3n) is 3.57. The van der Waals surface area contributed by atoms with Crippen molar-refractivity contribution in [2.45, 2.75) is 44.8 Å². The van der Waals surface area contributed by atoms with Crippen LogP contribution in [0, 0.1) is 5.92 Å². The number of hydrogen-bond acceptors (Lipinski definition) is 3. The van der Waals surface area contributed by atoms with Gasteiger partial charge in [-0.25, -0.2) is 0 Å². The second-order valence-corrected chi connectivity index (χ2v) is 4.94. The van der Waals surface area contributed by atoms with Crippen molar-refractivity contribution in [3.8, 4) is 0 Å². The van der Waals surface area contributed by atoms with E-state index in [-0.39, 0.29) is 12.0 Å². The van der Waals surface area contributed by atoms with Gasteiger partial charge in [0.25, 0.3) is 0 Å². The van der Waals surface area contributed by atoms with Crippen LogP contribution in [0.25, 0.3) is 0 Å². The van der Waals surface area contributed by atoms with E-state index in [4.69, 9.17) is 4.74 Å². The van der Waals surface area contributed by atoms with Crippen molar-refractivity contribution < 1.29 is 9.53 Å². The largest absolute Gasteiger partial charge is 0.368 e. The van der Waals surface area contributed by atoms with Crippen LogP contribution in [-0.2, 0) is 9.53 Å². The van der Waals surface area contributed by atoms with Crippen molar-refractivity contribution >= 4 is 5.91 Å². The lowest BCUT2D eigenvalue weighted by Gasteiger charge is -2.20. The Morgan fingerprint density at radius 3 is 2.94 bits per heavy atom. The minimum atomic E-state index is -0.212. The highest BCUT2D eigenvalue weighted by molar-refractivity contribution is 5.81.